The van der Waals surface area contributed by atoms with Crippen molar-refractivity contribution in [2.45, 2.75) is 55.4 Å². The predicted octanol–water partition coefficient (Wildman–Crippen LogP) is 13.0. The maximum atomic E-state index is 13.8. The topological polar surface area (TPSA) is 37.3 Å². The van der Waals surface area contributed by atoms with E-state index in [4.69, 9.17) is 0 Å². The van der Waals surface area contributed by atoms with Gasteiger partial charge in [-0.25, -0.2) is 0 Å². The zero-order valence-corrected chi connectivity index (χ0v) is 30.2. The molecule has 220 valence electrons. The molecule has 0 saturated carbocycles. The molecular formula is C35H32O2S6. The average Bonchev–Trinajstić information content (AvgIpc) is 3.75. The minimum Gasteiger partial charge on any atom is -0.506 e. The summed E-state index contributed by atoms with van der Waals surface area (Å²) in [5.41, 5.74) is 6.97. The van der Waals surface area contributed by atoms with Crippen LogP contribution in [0.25, 0.3) is 48.9 Å². The van der Waals surface area contributed by atoms with Gasteiger partial charge in [0.2, 0.25) is 0 Å². The zero-order chi connectivity index (χ0) is 30.7. The van der Waals surface area contributed by atoms with Crippen molar-refractivity contribution in [1.82, 2.24) is 0 Å². The molecule has 0 radical (unpaired) electrons. The third kappa shape index (κ3) is 5.81. The SMILES string of the molecule is Cc1cc(-c2cc(C(=O)/C=C(\O)c3cc(-c4cc(C)sc4C)c(-c4cc(C)sc4C)s3)sc2-c2cc(C)sc2C)c(C)s1. The molecule has 8 heteroatoms. The van der Waals surface area contributed by atoms with E-state index in [0.29, 0.717) is 9.75 Å². The van der Waals surface area contributed by atoms with Crippen LogP contribution in [0.1, 0.15) is 53.6 Å². The van der Waals surface area contributed by atoms with Crippen molar-refractivity contribution in [3.8, 4) is 43.1 Å². The van der Waals surface area contributed by atoms with Crippen LogP contribution < -0.4 is 0 Å². The fourth-order valence-corrected chi connectivity index (χ4v) is 11.8. The molecule has 2 nitrogen and oxygen atoms in total. The second-order valence-corrected chi connectivity index (χ2v) is 18.9. The Labute approximate surface area is 277 Å². The number of aryl methyl sites for hydroxylation is 8. The highest BCUT2D eigenvalue weighted by Gasteiger charge is 2.23. The van der Waals surface area contributed by atoms with Gasteiger partial charge in [-0.05, 0) is 103 Å². The summed E-state index contributed by atoms with van der Waals surface area (Å²) in [7, 11) is 0. The first-order chi connectivity index (χ1) is 20.4. The molecule has 0 fully saturated rings. The molecule has 0 aliphatic heterocycles. The van der Waals surface area contributed by atoms with Crippen molar-refractivity contribution in [1.29, 1.82) is 0 Å². The molecular weight excluding hydrogens is 645 g/mol. The van der Waals surface area contributed by atoms with Gasteiger partial charge >= 0.3 is 0 Å². The fraction of sp³-hybridized carbons (Fsp3) is 0.229. The Bertz CT molecular complexity index is 1920. The molecule has 6 rings (SSSR count). The molecule has 6 aromatic rings. The lowest BCUT2D eigenvalue weighted by Crippen LogP contribution is -1.92. The predicted molar refractivity (Wildman–Crippen MR) is 195 cm³/mol. The Morgan fingerprint density at radius 1 is 0.488 bits per heavy atom. The van der Waals surface area contributed by atoms with E-state index in [1.165, 1.54) is 78.7 Å². The van der Waals surface area contributed by atoms with E-state index in [1.54, 1.807) is 56.7 Å². The van der Waals surface area contributed by atoms with Crippen molar-refractivity contribution in [3.05, 3.63) is 91.2 Å². The summed E-state index contributed by atoms with van der Waals surface area (Å²) in [6, 6.07) is 13.0. The second-order valence-electron chi connectivity index (χ2n) is 10.9. The molecule has 0 unspecified atom stereocenters. The minimum absolute atomic E-state index is 0.0123. The Balaban J connectivity index is 1.44. The van der Waals surface area contributed by atoms with E-state index in [2.05, 4.69) is 85.7 Å². The van der Waals surface area contributed by atoms with Gasteiger partial charge in [0, 0.05) is 77.1 Å². The number of rotatable bonds is 7. The Morgan fingerprint density at radius 2 is 0.837 bits per heavy atom. The summed E-state index contributed by atoms with van der Waals surface area (Å²) >= 11 is 10.2. The molecule has 6 heterocycles. The normalized spacial score (nSPS) is 12.0. The van der Waals surface area contributed by atoms with Gasteiger partial charge in [-0.1, -0.05) is 0 Å². The molecule has 0 atom stereocenters. The standard InChI is InChI=1S/C35H32O2S6/c1-16-9-24(20(5)38-16)28-13-32(42-34(28)26-11-18(3)40-22(26)7)30(36)15-31(37)33-14-29(25-10-17(2)39-21(25)6)35(43-33)27-12-19(4)41-23(27)8/h9-15,36H,1-8H3/b30-15-. The summed E-state index contributed by atoms with van der Waals surface area (Å²) in [6.07, 6.45) is 1.41. The van der Waals surface area contributed by atoms with Gasteiger partial charge in [0.15, 0.2) is 5.78 Å². The highest BCUT2D eigenvalue weighted by atomic mass is 32.1. The van der Waals surface area contributed by atoms with Crippen LogP contribution >= 0.6 is 68.0 Å². The molecule has 43 heavy (non-hydrogen) atoms. The largest absolute Gasteiger partial charge is 0.506 e. The zero-order valence-electron chi connectivity index (χ0n) is 25.3. The van der Waals surface area contributed by atoms with Crippen LogP contribution in [0.5, 0.6) is 0 Å². The lowest BCUT2D eigenvalue weighted by molar-refractivity contribution is 0.105. The van der Waals surface area contributed by atoms with Crippen molar-refractivity contribution in [2.24, 2.45) is 0 Å². The lowest BCUT2D eigenvalue weighted by atomic mass is 10.0. The monoisotopic (exact) mass is 676 g/mol. The number of aliphatic hydroxyl groups excluding tert-OH is 1. The summed E-state index contributed by atoms with van der Waals surface area (Å²) in [4.78, 5) is 27.4. The number of allylic oxidation sites excluding steroid dienone is 1. The van der Waals surface area contributed by atoms with Gasteiger partial charge in [0.05, 0.1) is 9.75 Å². The van der Waals surface area contributed by atoms with Crippen LogP contribution in [-0.2, 0) is 0 Å². The van der Waals surface area contributed by atoms with E-state index < -0.39 is 0 Å². The van der Waals surface area contributed by atoms with Crippen molar-refractivity contribution in [2.75, 3.05) is 0 Å². The first kappa shape index (κ1) is 30.4. The molecule has 0 spiro atoms. The van der Waals surface area contributed by atoms with Crippen LogP contribution in [0.4, 0.5) is 0 Å². The molecule has 6 aromatic heterocycles. The van der Waals surface area contributed by atoms with Gasteiger partial charge in [0.25, 0.3) is 0 Å². The van der Waals surface area contributed by atoms with Gasteiger partial charge < -0.3 is 5.11 Å². The highest BCUT2D eigenvalue weighted by Crippen LogP contribution is 2.48. The number of carbonyl (C=O) groups excluding carboxylic acids is 1. The maximum Gasteiger partial charge on any atom is 0.199 e. The van der Waals surface area contributed by atoms with E-state index >= 15 is 0 Å². The van der Waals surface area contributed by atoms with Crippen LogP contribution in [0, 0.1) is 55.4 Å². The third-order valence-electron chi connectivity index (χ3n) is 7.46. The van der Waals surface area contributed by atoms with Crippen LogP contribution in [-0.4, -0.2) is 10.9 Å². The molecule has 0 bridgehead atoms. The van der Waals surface area contributed by atoms with Crippen LogP contribution in [0.3, 0.4) is 0 Å². The highest BCUT2D eigenvalue weighted by molar-refractivity contribution is 7.19. The number of ketones is 1. The lowest BCUT2D eigenvalue weighted by Gasteiger charge is -2.03. The number of hydrogen-bond acceptors (Lipinski definition) is 8. The molecule has 0 amide bonds. The van der Waals surface area contributed by atoms with Gasteiger partial charge in [-0.3, -0.25) is 4.79 Å². The average molecular weight is 677 g/mol. The minimum atomic E-state index is -0.175. The molecule has 0 aliphatic rings. The van der Waals surface area contributed by atoms with E-state index in [-0.39, 0.29) is 11.5 Å². The number of carbonyl (C=O) groups is 1. The number of thiophene rings is 6. The third-order valence-corrected chi connectivity index (χ3v) is 13.7. The maximum absolute atomic E-state index is 13.8. The van der Waals surface area contributed by atoms with Gasteiger partial charge in [-0.2, -0.15) is 0 Å². The summed E-state index contributed by atoms with van der Waals surface area (Å²) in [5, 5.41) is 11.4. The summed E-state index contributed by atoms with van der Waals surface area (Å²) < 4.78 is 0. The quantitative estimate of drug-likeness (QED) is 0.104. The van der Waals surface area contributed by atoms with E-state index in [9.17, 15) is 9.90 Å². The molecule has 0 saturated heterocycles. The number of hydrogen-bond donors (Lipinski definition) is 1. The Kier molecular flexibility index (Phi) is 8.30. The molecule has 1 N–H and O–H groups in total. The molecule has 0 aromatic carbocycles. The first-order valence-electron chi connectivity index (χ1n) is 13.9. The smallest absolute Gasteiger partial charge is 0.199 e. The van der Waals surface area contributed by atoms with Crippen molar-refractivity contribution in [3.63, 3.8) is 0 Å². The van der Waals surface area contributed by atoms with Crippen molar-refractivity contribution < 1.29 is 9.90 Å². The van der Waals surface area contributed by atoms with Crippen molar-refractivity contribution >= 4 is 79.6 Å². The Morgan fingerprint density at radius 3 is 1.21 bits per heavy atom. The number of aliphatic hydroxyl groups is 1. The summed E-state index contributed by atoms with van der Waals surface area (Å²) in [6.45, 7) is 17.1. The van der Waals surface area contributed by atoms with Gasteiger partial charge in [0.1, 0.15) is 5.76 Å². The van der Waals surface area contributed by atoms with Gasteiger partial charge in [-0.15, -0.1) is 68.0 Å². The van der Waals surface area contributed by atoms with Crippen LogP contribution in [0.15, 0.2) is 42.5 Å². The van der Waals surface area contributed by atoms with Crippen LogP contribution in [0.2, 0.25) is 0 Å². The molecule has 0 aliphatic carbocycles. The second kappa shape index (κ2) is 11.7. The fourth-order valence-electron chi connectivity index (χ4n) is 5.61. The summed E-state index contributed by atoms with van der Waals surface area (Å²) in [5.74, 6) is -0.163. The van der Waals surface area contributed by atoms with E-state index in [0.717, 1.165) is 20.9 Å². The Hall–Kier alpha value is -2.59. The first-order valence-corrected chi connectivity index (χ1v) is 18.8. The van der Waals surface area contributed by atoms with E-state index in [1.807, 2.05) is 6.07 Å².